The topological polar surface area (TPSA) is 46.3 Å². The number of hydrogen-bond donors (Lipinski definition) is 1. The van der Waals surface area contributed by atoms with E-state index in [4.69, 9.17) is 17.3 Å². The number of halogens is 1. The van der Waals surface area contributed by atoms with E-state index < -0.39 is 0 Å². The summed E-state index contributed by atoms with van der Waals surface area (Å²) in [7, 11) is 0. The standard InChI is InChI=1S/C17H17ClN2O/c18-14-5-1-3-12(9-14)10-17(21)20-8-2-4-13-11-15(19)6-7-16(13)20/h1,3,5-7,9,11H,2,4,8,10,19H2. The molecule has 0 bridgehead atoms. The van der Waals surface area contributed by atoms with E-state index in [1.165, 1.54) is 0 Å². The Kier molecular flexibility index (Phi) is 3.84. The summed E-state index contributed by atoms with van der Waals surface area (Å²) in [4.78, 5) is 14.4. The van der Waals surface area contributed by atoms with Gasteiger partial charge in [-0.3, -0.25) is 4.79 Å². The number of anilines is 2. The summed E-state index contributed by atoms with van der Waals surface area (Å²) in [6.07, 6.45) is 2.31. The molecule has 1 aliphatic heterocycles. The predicted molar refractivity (Wildman–Crippen MR) is 86.7 cm³/mol. The Balaban J connectivity index is 1.83. The molecule has 3 nitrogen and oxygen atoms in total. The van der Waals surface area contributed by atoms with E-state index in [0.717, 1.165) is 41.9 Å². The van der Waals surface area contributed by atoms with Crippen molar-refractivity contribution >= 4 is 28.9 Å². The smallest absolute Gasteiger partial charge is 0.231 e. The molecule has 21 heavy (non-hydrogen) atoms. The maximum atomic E-state index is 12.6. The largest absolute Gasteiger partial charge is 0.399 e. The van der Waals surface area contributed by atoms with Crippen molar-refractivity contribution in [2.24, 2.45) is 0 Å². The molecule has 2 aromatic carbocycles. The van der Waals surface area contributed by atoms with Crippen molar-refractivity contribution in [3.63, 3.8) is 0 Å². The summed E-state index contributed by atoms with van der Waals surface area (Å²) in [6.45, 7) is 0.760. The second-order valence-electron chi connectivity index (χ2n) is 5.34. The van der Waals surface area contributed by atoms with E-state index in [2.05, 4.69) is 0 Å². The van der Waals surface area contributed by atoms with Gasteiger partial charge in [0.25, 0.3) is 0 Å². The molecule has 4 heteroatoms. The maximum Gasteiger partial charge on any atom is 0.231 e. The van der Waals surface area contributed by atoms with Gasteiger partial charge in [0.05, 0.1) is 6.42 Å². The van der Waals surface area contributed by atoms with Crippen LogP contribution in [0, 0.1) is 0 Å². The van der Waals surface area contributed by atoms with Crippen LogP contribution in [0.4, 0.5) is 11.4 Å². The van der Waals surface area contributed by atoms with Gasteiger partial charge in [-0.1, -0.05) is 23.7 Å². The van der Waals surface area contributed by atoms with Gasteiger partial charge in [-0.25, -0.2) is 0 Å². The van der Waals surface area contributed by atoms with Gasteiger partial charge in [-0.15, -0.1) is 0 Å². The zero-order valence-corrected chi connectivity index (χ0v) is 12.4. The lowest BCUT2D eigenvalue weighted by Gasteiger charge is -2.30. The van der Waals surface area contributed by atoms with Crippen LogP contribution in [0.3, 0.4) is 0 Å². The number of aryl methyl sites for hydroxylation is 1. The molecule has 1 aliphatic rings. The van der Waals surface area contributed by atoms with Crippen LogP contribution in [0.15, 0.2) is 42.5 Å². The highest BCUT2D eigenvalue weighted by Gasteiger charge is 2.22. The molecule has 0 aromatic heterocycles. The number of carbonyl (C=O) groups excluding carboxylic acids is 1. The normalized spacial score (nSPS) is 13.9. The number of carbonyl (C=O) groups is 1. The highest BCUT2D eigenvalue weighted by Crippen LogP contribution is 2.29. The third-order valence-electron chi connectivity index (χ3n) is 3.77. The van der Waals surface area contributed by atoms with Crippen LogP contribution in [0.5, 0.6) is 0 Å². The minimum absolute atomic E-state index is 0.1000. The average Bonchev–Trinajstić information content (AvgIpc) is 2.46. The summed E-state index contributed by atoms with van der Waals surface area (Å²) in [5, 5.41) is 0.659. The molecule has 0 saturated heterocycles. The van der Waals surface area contributed by atoms with Crippen molar-refractivity contribution in [2.45, 2.75) is 19.3 Å². The minimum Gasteiger partial charge on any atom is -0.399 e. The molecule has 0 unspecified atom stereocenters. The van der Waals surface area contributed by atoms with E-state index >= 15 is 0 Å². The van der Waals surface area contributed by atoms with E-state index in [9.17, 15) is 4.79 Å². The Morgan fingerprint density at radius 2 is 2.10 bits per heavy atom. The van der Waals surface area contributed by atoms with Gasteiger partial charge in [0.15, 0.2) is 0 Å². The van der Waals surface area contributed by atoms with E-state index in [0.29, 0.717) is 11.4 Å². The number of amides is 1. The SMILES string of the molecule is Nc1ccc2c(c1)CCCN2C(=O)Cc1cccc(Cl)c1. The predicted octanol–water partition coefficient (Wildman–Crippen LogP) is 3.44. The molecule has 0 spiro atoms. The Morgan fingerprint density at radius 1 is 1.24 bits per heavy atom. The van der Waals surface area contributed by atoms with E-state index in [1.807, 2.05) is 47.4 Å². The summed E-state index contributed by atoms with van der Waals surface area (Å²) < 4.78 is 0. The van der Waals surface area contributed by atoms with Crippen LogP contribution in [-0.2, 0) is 17.6 Å². The van der Waals surface area contributed by atoms with Gasteiger partial charge in [0, 0.05) is 22.9 Å². The summed E-state index contributed by atoms with van der Waals surface area (Å²) >= 11 is 5.97. The summed E-state index contributed by atoms with van der Waals surface area (Å²) in [6, 6.07) is 13.2. The molecule has 0 aliphatic carbocycles. The van der Waals surface area contributed by atoms with Gasteiger partial charge < -0.3 is 10.6 Å². The molecule has 108 valence electrons. The Bertz CT molecular complexity index is 684. The minimum atomic E-state index is 0.1000. The highest BCUT2D eigenvalue weighted by atomic mass is 35.5. The van der Waals surface area contributed by atoms with Crippen molar-refractivity contribution in [3.8, 4) is 0 Å². The lowest BCUT2D eigenvalue weighted by molar-refractivity contribution is -0.118. The lowest BCUT2D eigenvalue weighted by Crippen LogP contribution is -2.36. The quantitative estimate of drug-likeness (QED) is 0.864. The summed E-state index contributed by atoms with van der Waals surface area (Å²) in [5.74, 6) is 0.1000. The first kappa shape index (κ1) is 14.0. The lowest BCUT2D eigenvalue weighted by atomic mass is 10.00. The number of benzene rings is 2. The van der Waals surface area contributed by atoms with Crippen LogP contribution in [0.2, 0.25) is 5.02 Å². The second kappa shape index (κ2) is 5.78. The van der Waals surface area contributed by atoms with Crippen molar-refractivity contribution in [1.82, 2.24) is 0 Å². The van der Waals surface area contributed by atoms with Crippen LogP contribution in [-0.4, -0.2) is 12.5 Å². The molecule has 0 radical (unpaired) electrons. The third-order valence-corrected chi connectivity index (χ3v) is 4.00. The number of nitrogens with zero attached hydrogens (tertiary/aromatic N) is 1. The van der Waals surface area contributed by atoms with Crippen molar-refractivity contribution < 1.29 is 4.79 Å². The summed E-state index contributed by atoms with van der Waals surface area (Å²) in [5.41, 5.74) is 9.66. The van der Waals surface area contributed by atoms with Crippen molar-refractivity contribution in [3.05, 3.63) is 58.6 Å². The molecule has 2 N–H and O–H groups in total. The van der Waals surface area contributed by atoms with E-state index in [-0.39, 0.29) is 5.91 Å². The van der Waals surface area contributed by atoms with Gasteiger partial charge in [0.1, 0.15) is 0 Å². The fraction of sp³-hybridized carbons (Fsp3) is 0.235. The van der Waals surface area contributed by atoms with Gasteiger partial charge in [-0.05, 0) is 54.3 Å². The third kappa shape index (κ3) is 3.03. The number of rotatable bonds is 2. The van der Waals surface area contributed by atoms with Crippen molar-refractivity contribution in [2.75, 3.05) is 17.2 Å². The van der Waals surface area contributed by atoms with Gasteiger partial charge in [0.2, 0.25) is 5.91 Å². The molecule has 3 rings (SSSR count). The Morgan fingerprint density at radius 3 is 2.90 bits per heavy atom. The zero-order chi connectivity index (χ0) is 14.8. The van der Waals surface area contributed by atoms with E-state index in [1.54, 1.807) is 0 Å². The first-order chi connectivity index (χ1) is 10.1. The Labute approximate surface area is 129 Å². The fourth-order valence-electron chi connectivity index (χ4n) is 2.79. The first-order valence-corrected chi connectivity index (χ1v) is 7.44. The number of hydrogen-bond acceptors (Lipinski definition) is 2. The van der Waals surface area contributed by atoms with Crippen LogP contribution < -0.4 is 10.6 Å². The molecule has 0 saturated carbocycles. The molecular weight excluding hydrogens is 284 g/mol. The molecule has 1 amide bonds. The van der Waals surface area contributed by atoms with Crippen LogP contribution in [0.1, 0.15) is 17.5 Å². The molecule has 0 fully saturated rings. The monoisotopic (exact) mass is 300 g/mol. The molecule has 2 aromatic rings. The molecule has 1 heterocycles. The van der Waals surface area contributed by atoms with Crippen molar-refractivity contribution in [1.29, 1.82) is 0 Å². The number of nitrogens with two attached hydrogens (primary N) is 1. The second-order valence-corrected chi connectivity index (χ2v) is 5.78. The maximum absolute atomic E-state index is 12.6. The van der Waals surface area contributed by atoms with Crippen LogP contribution in [0.25, 0.3) is 0 Å². The number of nitrogen functional groups attached to an aromatic ring is 1. The Hall–Kier alpha value is -2.00. The first-order valence-electron chi connectivity index (χ1n) is 7.07. The van der Waals surface area contributed by atoms with Gasteiger partial charge in [-0.2, -0.15) is 0 Å². The fourth-order valence-corrected chi connectivity index (χ4v) is 3.01. The van der Waals surface area contributed by atoms with Crippen LogP contribution >= 0.6 is 11.6 Å². The number of fused-ring (bicyclic) bond motifs is 1. The highest BCUT2D eigenvalue weighted by molar-refractivity contribution is 6.30. The molecule has 0 atom stereocenters. The zero-order valence-electron chi connectivity index (χ0n) is 11.7. The molecular formula is C17H17ClN2O. The average molecular weight is 301 g/mol. The van der Waals surface area contributed by atoms with Gasteiger partial charge >= 0.3 is 0 Å².